The molecule has 0 amide bonds. The normalized spacial score (nSPS) is 18.9. The summed E-state index contributed by atoms with van der Waals surface area (Å²) >= 11 is 0. The molecule has 1 aromatic rings. The highest BCUT2D eigenvalue weighted by Gasteiger charge is 2.31. The molecule has 0 unspecified atom stereocenters. The van der Waals surface area contributed by atoms with Gasteiger partial charge in [0.15, 0.2) is 0 Å². The molecule has 0 aliphatic carbocycles. The van der Waals surface area contributed by atoms with Crippen molar-refractivity contribution in [3.05, 3.63) is 18.2 Å². The second kappa shape index (κ2) is 6.93. The van der Waals surface area contributed by atoms with Crippen LogP contribution in [0.5, 0.6) is 0 Å². The lowest BCUT2D eigenvalue weighted by atomic mass is 9.78. The molecule has 0 atom stereocenters. The molecule has 0 spiro atoms. The van der Waals surface area contributed by atoms with Crippen molar-refractivity contribution in [2.24, 2.45) is 0 Å². The zero-order chi connectivity index (χ0) is 15.5. The van der Waals surface area contributed by atoms with E-state index in [1.54, 1.807) is 0 Å². The fraction of sp³-hybridized carbons (Fsp3) is 0.824. The van der Waals surface area contributed by atoms with Gasteiger partial charge in [-0.05, 0) is 53.6 Å². The molecule has 1 fully saturated rings. The molecule has 1 aromatic heterocycles. The van der Waals surface area contributed by atoms with Crippen molar-refractivity contribution in [2.45, 2.75) is 71.5 Å². The zero-order valence-electron chi connectivity index (χ0n) is 14.4. The van der Waals surface area contributed by atoms with Crippen LogP contribution in [0.15, 0.2) is 12.5 Å². The fourth-order valence-electron chi connectivity index (χ4n) is 3.57. The number of aromatic nitrogens is 2. The van der Waals surface area contributed by atoms with Gasteiger partial charge >= 0.3 is 0 Å². The van der Waals surface area contributed by atoms with Crippen LogP contribution in [-0.2, 0) is 12.0 Å². The van der Waals surface area contributed by atoms with Crippen molar-refractivity contribution in [3.63, 3.8) is 0 Å². The van der Waals surface area contributed by atoms with E-state index >= 15 is 0 Å². The highest BCUT2D eigenvalue weighted by atomic mass is 15.2. The van der Waals surface area contributed by atoms with Crippen LogP contribution >= 0.6 is 0 Å². The maximum Gasteiger partial charge on any atom is 0.0948 e. The Morgan fingerprint density at radius 2 is 1.86 bits per heavy atom. The molecule has 120 valence electrons. The van der Waals surface area contributed by atoms with Crippen LogP contribution in [0.2, 0.25) is 0 Å². The van der Waals surface area contributed by atoms with Gasteiger partial charge in [0.05, 0.1) is 6.33 Å². The minimum atomic E-state index is 0.280. The van der Waals surface area contributed by atoms with E-state index in [0.717, 1.165) is 26.2 Å². The molecule has 21 heavy (non-hydrogen) atoms. The van der Waals surface area contributed by atoms with Gasteiger partial charge in [-0.3, -0.25) is 4.90 Å². The van der Waals surface area contributed by atoms with E-state index in [9.17, 15) is 0 Å². The van der Waals surface area contributed by atoms with E-state index in [0.29, 0.717) is 12.1 Å². The topological polar surface area (TPSA) is 33.1 Å². The quantitative estimate of drug-likeness (QED) is 0.875. The standard InChI is InChI=1S/C17H32N4/c1-14(2)21(15(3)4)11-10-20-13-19-12-16(20)17(5)6-8-18-9-7-17/h12-15,18H,6-11H2,1-5H3. The summed E-state index contributed by atoms with van der Waals surface area (Å²) in [6, 6.07) is 1.18. The average molecular weight is 292 g/mol. The van der Waals surface area contributed by atoms with Crippen molar-refractivity contribution in [1.29, 1.82) is 0 Å². The molecule has 1 saturated heterocycles. The second-order valence-electron chi connectivity index (χ2n) is 7.21. The van der Waals surface area contributed by atoms with E-state index in [1.807, 2.05) is 6.33 Å². The summed E-state index contributed by atoms with van der Waals surface area (Å²) < 4.78 is 2.38. The molecule has 0 saturated carbocycles. The number of nitrogens with zero attached hydrogens (tertiary/aromatic N) is 3. The number of rotatable bonds is 6. The Balaban J connectivity index is 2.06. The number of hydrogen-bond acceptors (Lipinski definition) is 3. The van der Waals surface area contributed by atoms with E-state index in [2.05, 4.69) is 60.6 Å². The summed E-state index contributed by atoms with van der Waals surface area (Å²) in [6.07, 6.45) is 6.51. The molecule has 1 aliphatic heterocycles. The van der Waals surface area contributed by atoms with Crippen LogP contribution in [0, 0.1) is 0 Å². The molecule has 0 radical (unpaired) electrons. The summed E-state index contributed by atoms with van der Waals surface area (Å²) in [6.45, 7) is 15.9. The van der Waals surface area contributed by atoms with Crippen molar-refractivity contribution >= 4 is 0 Å². The van der Waals surface area contributed by atoms with Gasteiger partial charge in [0.25, 0.3) is 0 Å². The summed E-state index contributed by atoms with van der Waals surface area (Å²) in [5.74, 6) is 0. The number of imidazole rings is 1. The molecular formula is C17H32N4. The van der Waals surface area contributed by atoms with Gasteiger partial charge in [0, 0.05) is 42.5 Å². The lowest BCUT2D eigenvalue weighted by Crippen LogP contribution is -2.41. The van der Waals surface area contributed by atoms with Crippen LogP contribution in [0.3, 0.4) is 0 Å². The Kier molecular flexibility index (Phi) is 5.44. The van der Waals surface area contributed by atoms with Crippen LogP contribution in [0.25, 0.3) is 0 Å². The lowest BCUT2D eigenvalue weighted by molar-refractivity contribution is 0.166. The van der Waals surface area contributed by atoms with Gasteiger partial charge in [-0.2, -0.15) is 0 Å². The fourth-order valence-corrected chi connectivity index (χ4v) is 3.57. The van der Waals surface area contributed by atoms with Gasteiger partial charge in [-0.15, -0.1) is 0 Å². The monoisotopic (exact) mass is 292 g/mol. The molecule has 1 N–H and O–H groups in total. The Hall–Kier alpha value is -0.870. The van der Waals surface area contributed by atoms with E-state index in [4.69, 9.17) is 0 Å². The molecule has 2 heterocycles. The van der Waals surface area contributed by atoms with Crippen LogP contribution in [0.1, 0.15) is 53.2 Å². The largest absolute Gasteiger partial charge is 0.333 e. The minimum Gasteiger partial charge on any atom is -0.333 e. The summed E-state index contributed by atoms with van der Waals surface area (Å²) in [4.78, 5) is 6.98. The van der Waals surface area contributed by atoms with Gasteiger partial charge in [-0.25, -0.2) is 4.98 Å². The zero-order valence-corrected chi connectivity index (χ0v) is 14.4. The molecule has 4 nitrogen and oxygen atoms in total. The first kappa shape index (κ1) is 16.5. The molecule has 0 bridgehead atoms. The third-order valence-corrected chi connectivity index (χ3v) is 4.96. The van der Waals surface area contributed by atoms with Gasteiger partial charge in [-0.1, -0.05) is 6.92 Å². The summed E-state index contributed by atoms with van der Waals surface area (Å²) in [5.41, 5.74) is 1.69. The molecule has 1 aliphatic rings. The predicted molar refractivity (Wildman–Crippen MR) is 88.7 cm³/mol. The van der Waals surface area contributed by atoms with Crippen molar-refractivity contribution < 1.29 is 0 Å². The Bertz CT molecular complexity index is 422. The van der Waals surface area contributed by atoms with Gasteiger partial charge < -0.3 is 9.88 Å². The Labute approximate surface area is 129 Å². The van der Waals surface area contributed by atoms with Crippen LogP contribution in [0.4, 0.5) is 0 Å². The maximum absolute atomic E-state index is 4.43. The third kappa shape index (κ3) is 3.86. The SMILES string of the molecule is CC(C)N(CCn1cncc1C1(C)CCNCC1)C(C)C. The summed E-state index contributed by atoms with van der Waals surface area (Å²) in [5, 5.41) is 3.46. The second-order valence-corrected chi connectivity index (χ2v) is 7.21. The lowest BCUT2D eigenvalue weighted by Gasteiger charge is -2.35. The number of piperidine rings is 1. The summed E-state index contributed by atoms with van der Waals surface area (Å²) in [7, 11) is 0. The first-order chi connectivity index (χ1) is 9.94. The van der Waals surface area contributed by atoms with Gasteiger partial charge in [0.1, 0.15) is 0 Å². The number of nitrogens with one attached hydrogen (secondary N) is 1. The molecule has 2 rings (SSSR count). The average Bonchev–Trinajstić information content (AvgIpc) is 2.88. The first-order valence-electron chi connectivity index (χ1n) is 8.41. The molecular weight excluding hydrogens is 260 g/mol. The van der Waals surface area contributed by atoms with Crippen LogP contribution in [-0.4, -0.2) is 46.2 Å². The Morgan fingerprint density at radius 3 is 2.43 bits per heavy atom. The predicted octanol–water partition coefficient (Wildman–Crippen LogP) is 2.64. The minimum absolute atomic E-state index is 0.280. The Morgan fingerprint density at radius 1 is 1.24 bits per heavy atom. The van der Waals surface area contributed by atoms with Crippen LogP contribution < -0.4 is 5.32 Å². The van der Waals surface area contributed by atoms with E-state index in [1.165, 1.54) is 18.5 Å². The van der Waals surface area contributed by atoms with Crippen molar-refractivity contribution in [1.82, 2.24) is 19.8 Å². The number of hydrogen-bond donors (Lipinski definition) is 1. The third-order valence-electron chi connectivity index (χ3n) is 4.96. The van der Waals surface area contributed by atoms with E-state index < -0.39 is 0 Å². The smallest absolute Gasteiger partial charge is 0.0948 e. The molecule has 4 heteroatoms. The molecule has 0 aromatic carbocycles. The maximum atomic E-state index is 4.43. The highest BCUT2D eigenvalue weighted by molar-refractivity contribution is 5.15. The van der Waals surface area contributed by atoms with Gasteiger partial charge in [0.2, 0.25) is 0 Å². The van der Waals surface area contributed by atoms with Crippen molar-refractivity contribution in [3.8, 4) is 0 Å². The van der Waals surface area contributed by atoms with E-state index in [-0.39, 0.29) is 5.41 Å². The van der Waals surface area contributed by atoms with Crippen molar-refractivity contribution in [2.75, 3.05) is 19.6 Å². The first-order valence-corrected chi connectivity index (χ1v) is 8.41. The highest BCUT2D eigenvalue weighted by Crippen LogP contribution is 2.32.